The van der Waals surface area contributed by atoms with Gasteiger partial charge in [0, 0.05) is 25.6 Å². The Balaban J connectivity index is 1.49. The van der Waals surface area contributed by atoms with Crippen LogP contribution in [0, 0.1) is 5.92 Å². The van der Waals surface area contributed by atoms with E-state index in [2.05, 4.69) is 15.1 Å². The molecular weight excluding hydrogens is 250 g/mol. The van der Waals surface area contributed by atoms with Crippen molar-refractivity contribution in [2.75, 3.05) is 39.3 Å². The van der Waals surface area contributed by atoms with E-state index in [9.17, 15) is 4.79 Å². The van der Waals surface area contributed by atoms with Crippen LogP contribution >= 0.6 is 0 Å². The van der Waals surface area contributed by atoms with Crippen molar-refractivity contribution in [3.63, 3.8) is 0 Å². The average Bonchev–Trinajstić information content (AvgIpc) is 3.03. The Morgan fingerprint density at radius 3 is 2.50 bits per heavy atom. The van der Waals surface area contributed by atoms with E-state index in [1.165, 1.54) is 51.6 Å². The summed E-state index contributed by atoms with van der Waals surface area (Å²) in [6, 6.07) is 0.642. The lowest BCUT2D eigenvalue weighted by atomic mass is 9.93. The van der Waals surface area contributed by atoms with Crippen LogP contribution in [0.15, 0.2) is 0 Å². The van der Waals surface area contributed by atoms with Gasteiger partial charge in [0.1, 0.15) is 0 Å². The lowest BCUT2D eigenvalue weighted by Gasteiger charge is -2.38. The minimum atomic E-state index is 0.417. The molecular formula is C16H29N3O. The molecule has 3 fully saturated rings. The Hall–Kier alpha value is -0.610. The SMILES string of the molecule is O=C(CC1CCNCC1)N1CCCC(N2CCCC2)C1. The second-order valence-electron chi connectivity index (χ2n) is 6.78. The Labute approximate surface area is 122 Å². The van der Waals surface area contributed by atoms with Crippen molar-refractivity contribution < 1.29 is 4.79 Å². The third-order valence-electron chi connectivity index (χ3n) is 5.33. The molecule has 1 unspecified atom stereocenters. The number of piperidine rings is 2. The molecule has 0 aromatic carbocycles. The standard InChI is InChI=1S/C16H29N3O/c20-16(12-14-5-7-17-8-6-14)19-11-3-4-15(13-19)18-9-1-2-10-18/h14-15,17H,1-13H2. The van der Waals surface area contributed by atoms with Crippen LogP contribution in [-0.2, 0) is 4.79 Å². The maximum absolute atomic E-state index is 12.5. The summed E-state index contributed by atoms with van der Waals surface area (Å²) in [7, 11) is 0. The Kier molecular flexibility index (Phi) is 4.94. The first-order valence-corrected chi connectivity index (χ1v) is 8.55. The summed E-state index contributed by atoms with van der Waals surface area (Å²) in [5.41, 5.74) is 0. The minimum absolute atomic E-state index is 0.417. The van der Waals surface area contributed by atoms with Gasteiger partial charge in [-0.15, -0.1) is 0 Å². The fraction of sp³-hybridized carbons (Fsp3) is 0.938. The maximum Gasteiger partial charge on any atom is 0.222 e. The van der Waals surface area contributed by atoms with Gasteiger partial charge in [-0.2, -0.15) is 0 Å². The van der Waals surface area contributed by atoms with Gasteiger partial charge in [-0.3, -0.25) is 9.69 Å². The van der Waals surface area contributed by atoms with Crippen molar-refractivity contribution in [1.82, 2.24) is 15.1 Å². The van der Waals surface area contributed by atoms with Gasteiger partial charge in [0.25, 0.3) is 0 Å². The number of nitrogens with zero attached hydrogens (tertiary/aromatic N) is 2. The van der Waals surface area contributed by atoms with E-state index >= 15 is 0 Å². The lowest BCUT2D eigenvalue weighted by Crippen LogP contribution is -2.49. The number of amides is 1. The van der Waals surface area contributed by atoms with Gasteiger partial charge in [-0.05, 0) is 70.6 Å². The van der Waals surface area contributed by atoms with Gasteiger partial charge >= 0.3 is 0 Å². The summed E-state index contributed by atoms with van der Waals surface area (Å²) in [6.45, 7) is 6.67. The molecule has 0 spiro atoms. The average molecular weight is 279 g/mol. The van der Waals surface area contributed by atoms with Gasteiger partial charge < -0.3 is 10.2 Å². The van der Waals surface area contributed by atoms with Crippen molar-refractivity contribution in [2.24, 2.45) is 5.92 Å². The largest absolute Gasteiger partial charge is 0.341 e. The number of nitrogens with one attached hydrogen (secondary N) is 1. The highest BCUT2D eigenvalue weighted by atomic mass is 16.2. The molecule has 3 saturated heterocycles. The van der Waals surface area contributed by atoms with Gasteiger partial charge in [-0.1, -0.05) is 0 Å². The van der Waals surface area contributed by atoms with E-state index in [1.54, 1.807) is 0 Å². The molecule has 0 saturated carbocycles. The molecule has 3 aliphatic rings. The number of hydrogen-bond donors (Lipinski definition) is 1. The van der Waals surface area contributed by atoms with Crippen molar-refractivity contribution in [3.8, 4) is 0 Å². The van der Waals surface area contributed by atoms with Crippen LogP contribution in [0.1, 0.15) is 44.9 Å². The fourth-order valence-electron chi connectivity index (χ4n) is 4.05. The molecule has 4 nitrogen and oxygen atoms in total. The lowest BCUT2D eigenvalue weighted by molar-refractivity contribution is -0.134. The molecule has 0 bridgehead atoms. The zero-order chi connectivity index (χ0) is 13.8. The van der Waals surface area contributed by atoms with Gasteiger partial charge in [0.15, 0.2) is 0 Å². The summed E-state index contributed by atoms with van der Waals surface area (Å²) in [5.74, 6) is 1.04. The van der Waals surface area contributed by atoms with Crippen LogP contribution in [0.2, 0.25) is 0 Å². The summed E-state index contributed by atoms with van der Waals surface area (Å²) in [6.07, 6.45) is 8.31. The molecule has 3 heterocycles. The molecule has 0 aromatic heterocycles. The normalized spacial score (nSPS) is 29.8. The van der Waals surface area contributed by atoms with Crippen molar-refractivity contribution >= 4 is 5.91 Å². The van der Waals surface area contributed by atoms with Gasteiger partial charge in [0.2, 0.25) is 5.91 Å². The number of likely N-dealkylation sites (tertiary alicyclic amines) is 2. The second-order valence-corrected chi connectivity index (χ2v) is 6.78. The van der Waals surface area contributed by atoms with Crippen molar-refractivity contribution in [1.29, 1.82) is 0 Å². The first kappa shape index (κ1) is 14.3. The summed E-state index contributed by atoms with van der Waals surface area (Å²) >= 11 is 0. The molecule has 0 aliphatic carbocycles. The predicted molar refractivity (Wildman–Crippen MR) is 80.6 cm³/mol. The van der Waals surface area contributed by atoms with E-state index in [-0.39, 0.29) is 0 Å². The summed E-state index contributed by atoms with van der Waals surface area (Å²) in [5, 5.41) is 3.38. The van der Waals surface area contributed by atoms with Gasteiger partial charge in [0.05, 0.1) is 0 Å². The minimum Gasteiger partial charge on any atom is -0.341 e. The highest BCUT2D eigenvalue weighted by molar-refractivity contribution is 5.76. The molecule has 0 aromatic rings. The van der Waals surface area contributed by atoms with Crippen LogP contribution in [0.25, 0.3) is 0 Å². The maximum atomic E-state index is 12.5. The van der Waals surface area contributed by atoms with Crippen molar-refractivity contribution in [2.45, 2.75) is 51.0 Å². The zero-order valence-corrected chi connectivity index (χ0v) is 12.6. The molecule has 1 N–H and O–H groups in total. The number of hydrogen-bond acceptors (Lipinski definition) is 3. The number of rotatable bonds is 3. The van der Waals surface area contributed by atoms with Crippen LogP contribution < -0.4 is 5.32 Å². The Bertz CT molecular complexity index is 322. The molecule has 0 radical (unpaired) electrons. The number of carbonyl (C=O) groups is 1. The summed E-state index contributed by atoms with van der Waals surface area (Å²) < 4.78 is 0. The Morgan fingerprint density at radius 2 is 1.75 bits per heavy atom. The topological polar surface area (TPSA) is 35.6 Å². The van der Waals surface area contributed by atoms with Crippen LogP contribution in [-0.4, -0.2) is 61.0 Å². The van der Waals surface area contributed by atoms with E-state index in [1.807, 2.05) is 0 Å². The first-order valence-electron chi connectivity index (χ1n) is 8.55. The molecule has 20 heavy (non-hydrogen) atoms. The smallest absolute Gasteiger partial charge is 0.222 e. The number of carbonyl (C=O) groups excluding carboxylic acids is 1. The van der Waals surface area contributed by atoms with E-state index in [0.29, 0.717) is 17.9 Å². The second kappa shape index (κ2) is 6.90. The van der Waals surface area contributed by atoms with Crippen LogP contribution in [0.4, 0.5) is 0 Å². The Morgan fingerprint density at radius 1 is 1.00 bits per heavy atom. The molecule has 114 valence electrons. The first-order chi connectivity index (χ1) is 9.83. The van der Waals surface area contributed by atoms with E-state index in [0.717, 1.165) is 32.6 Å². The monoisotopic (exact) mass is 279 g/mol. The van der Waals surface area contributed by atoms with Crippen molar-refractivity contribution in [3.05, 3.63) is 0 Å². The summed E-state index contributed by atoms with van der Waals surface area (Å²) in [4.78, 5) is 17.3. The van der Waals surface area contributed by atoms with Gasteiger partial charge in [-0.25, -0.2) is 0 Å². The molecule has 3 aliphatic heterocycles. The quantitative estimate of drug-likeness (QED) is 0.849. The van der Waals surface area contributed by atoms with E-state index < -0.39 is 0 Å². The molecule has 3 rings (SSSR count). The highest BCUT2D eigenvalue weighted by Gasteiger charge is 2.30. The third kappa shape index (κ3) is 3.53. The molecule has 1 amide bonds. The molecule has 1 atom stereocenters. The van der Waals surface area contributed by atoms with Crippen LogP contribution in [0.5, 0.6) is 0 Å². The molecule has 4 heteroatoms. The third-order valence-corrected chi connectivity index (χ3v) is 5.33. The van der Waals surface area contributed by atoms with Crippen LogP contribution in [0.3, 0.4) is 0 Å². The van der Waals surface area contributed by atoms with E-state index in [4.69, 9.17) is 0 Å². The predicted octanol–water partition coefficient (Wildman–Crippen LogP) is 1.46. The zero-order valence-electron chi connectivity index (χ0n) is 12.6. The highest BCUT2D eigenvalue weighted by Crippen LogP contribution is 2.23. The fourth-order valence-corrected chi connectivity index (χ4v) is 4.05.